The van der Waals surface area contributed by atoms with Crippen LogP contribution in [-0.2, 0) is 24.5 Å². The van der Waals surface area contributed by atoms with Gasteiger partial charge >= 0.3 is 11.9 Å². The smallest absolute Gasteiger partial charge is 0.329 e. The van der Waals surface area contributed by atoms with E-state index in [1.54, 1.807) is 34.6 Å². The van der Waals surface area contributed by atoms with Crippen LogP contribution >= 0.6 is 0 Å². The number of para-hydroxylation sites is 1. The van der Waals surface area contributed by atoms with Crippen LogP contribution < -0.4 is 0 Å². The molecule has 0 saturated carbocycles. The lowest BCUT2D eigenvalue weighted by Crippen LogP contribution is -2.52. The topological polar surface area (TPSA) is 94.5 Å². The van der Waals surface area contributed by atoms with E-state index in [9.17, 15) is 14.8 Å². The lowest BCUT2D eigenvalue weighted by atomic mass is 9.63. The zero-order chi connectivity index (χ0) is 21.8. The summed E-state index contributed by atoms with van der Waals surface area (Å²) in [5.41, 5.74) is 1.17. The molecule has 0 unspecified atom stereocenters. The molecule has 1 aliphatic carbocycles. The van der Waals surface area contributed by atoms with E-state index in [0.717, 1.165) is 21.2 Å². The number of nitrogens with zero attached hydrogens (tertiary/aromatic N) is 1. The minimum absolute atomic E-state index is 0.0968. The summed E-state index contributed by atoms with van der Waals surface area (Å²) in [5, 5.41) is 13.5. The van der Waals surface area contributed by atoms with Crippen molar-refractivity contribution in [3.8, 4) is 0 Å². The Morgan fingerprint density at radius 3 is 2.30 bits per heavy atom. The Morgan fingerprint density at radius 1 is 1.10 bits per heavy atom. The van der Waals surface area contributed by atoms with Gasteiger partial charge in [0.05, 0.1) is 24.0 Å². The molecule has 1 aliphatic heterocycles. The number of ether oxygens (including phenoxy) is 2. The molecule has 1 aromatic heterocycles. The number of fused-ring (bicyclic) bond motifs is 5. The predicted molar refractivity (Wildman–Crippen MR) is 112 cm³/mol. The van der Waals surface area contributed by atoms with E-state index in [-0.39, 0.29) is 18.3 Å². The zero-order valence-corrected chi connectivity index (χ0v) is 18.0. The molecule has 2 heterocycles. The van der Waals surface area contributed by atoms with Crippen molar-refractivity contribution in [2.45, 2.75) is 64.6 Å². The first-order chi connectivity index (χ1) is 14.2. The summed E-state index contributed by atoms with van der Waals surface area (Å²) in [6.45, 7) is 9.10. The fourth-order valence-electron chi connectivity index (χ4n) is 4.91. The Labute approximate surface area is 175 Å². The quantitative estimate of drug-likeness (QED) is 0.359. The van der Waals surface area contributed by atoms with E-state index in [2.05, 4.69) is 4.98 Å². The number of benzene rings is 1. The molecule has 2 aromatic rings. The highest BCUT2D eigenvalue weighted by molar-refractivity contribution is 6.09. The molecule has 0 spiro atoms. The van der Waals surface area contributed by atoms with Crippen molar-refractivity contribution in [2.75, 3.05) is 6.54 Å². The van der Waals surface area contributed by atoms with Crippen LogP contribution in [0.15, 0.2) is 24.3 Å². The van der Waals surface area contributed by atoms with Crippen molar-refractivity contribution in [3.63, 3.8) is 0 Å². The summed E-state index contributed by atoms with van der Waals surface area (Å²) < 4.78 is 12.2. The van der Waals surface area contributed by atoms with Gasteiger partial charge in [0.1, 0.15) is 0 Å². The monoisotopic (exact) mass is 412 g/mol. The molecule has 7 nitrogen and oxygen atoms in total. The Hall–Kier alpha value is -2.83. The van der Waals surface area contributed by atoms with Crippen molar-refractivity contribution in [3.05, 3.63) is 40.7 Å². The van der Waals surface area contributed by atoms with E-state index in [4.69, 9.17) is 9.47 Å². The van der Waals surface area contributed by atoms with Crippen LogP contribution in [0, 0.1) is 11.1 Å². The van der Waals surface area contributed by atoms with E-state index in [1.165, 1.54) is 0 Å². The van der Waals surface area contributed by atoms with Crippen LogP contribution in [0.2, 0.25) is 0 Å². The number of hydrogen-bond acceptors (Lipinski definition) is 5. The standard InChI is InChI=1S/C23H28N2O5/c1-12(2)29-21(26)23(22(27)30-13(3)4)10-16-14(5)25(28)11-17(16)19-15-8-6-7-9-18(15)24-20(19)23/h6-9,12-13,16-17,24H,10-11H2,1-5H3/t16-,17+/m0/s1. The summed E-state index contributed by atoms with van der Waals surface area (Å²) >= 11 is 0. The van der Waals surface area contributed by atoms with Crippen LogP contribution in [0.4, 0.5) is 0 Å². The average molecular weight is 412 g/mol. The van der Waals surface area contributed by atoms with Gasteiger partial charge in [-0.3, -0.25) is 9.59 Å². The van der Waals surface area contributed by atoms with Crippen LogP contribution in [-0.4, -0.2) is 46.1 Å². The second-order valence-electron chi connectivity index (χ2n) is 8.89. The van der Waals surface area contributed by atoms with Crippen molar-refractivity contribution in [2.24, 2.45) is 5.92 Å². The molecule has 7 heteroatoms. The van der Waals surface area contributed by atoms with Crippen LogP contribution in [0.3, 0.4) is 0 Å². The van der Waals surface area contributed by atoms with E-state index in [0.29, 0.717) is 18.0 Å². The number of nitrogens with one attached hydrogen (secondary N) is 1. The van der Waals surface area contributed by atoms with E-state index >= 15 is 0 Å². The molecular weight excluding hydrogens is 384 g/mol. The summed E-state index contributed by atoms with van der Waals surface area (Å²) in [6, 6.07) is 7.69. The van der Waals surface area contributed by atoms with Gasteiger partial charge in [-0.15, -0.1) is 0 Å². The molecule has 1 aromatic carbocycles. The molecule has 0 radical (unpaired) electrons. The number of rotatable bonds is 4. The Morgan fingerprint density at radius 2 is 1.70 bits per heavy atom. The maximum absolute atomic E-state index is 13.5. The molecule has 30 heavy (non-hydrogen) atoms. The van der Waals surface area contributed by atoms with Crippen molar-refractivity contribution in [1.29, 1.82) is 0 Å². The fourth-order valence-corrected chi connectivity index (χ4v) is 4.91. The minimum Gasteiger partial charge on any atom is -0.624 e. The van der Waals surface area contributed by atoms with E-state index in [1.807, 2.05) is 24.3 Å². The third kappa shape index (κ3) is 2.90. The number of aromatic amines is 1. The van der Waals surface area contributed by atoms with Gasteiger partial charge in [0.25, 0.3) is 0 Å². The maximum Gasteiger partial charge on any atom is 0.329 e. The number of hydroxylamine groups is 1. The second-order valence-corrected chi connectivity index (χ2v) is 8.89. The van der Waals surface area contributed by atoms with Gasteiger partial charge in [0, 0.05) is 23.5 Å². The molecule has 0 bridgehead atoms. The van der Waals surface area contributed by atoms with Crippen molar-refractivity contribution in [1.82, 2.24) is 4.98 Å². The molecule has 2 aliphatic rings. The average Bonchev–Trinajstić information content (AvgIpc) is 3.18. The van der Waals surface area contributed by atoms with Gasteiger partial charge in [-0.1, -0.05) is 18.2 Å². The second kappa shape index (κ2) is 7.15. The summed E-state index contributed by atoms with van der Waals surface area (Å²) in [4.78, 5) is 30.4. The molecular formula is C23H28N2O5. The molecule has 1 N–H and O–H groups in total. The number of carbonyl (C=O) groups excluding carboxylic acids is 2. The van der Waals surface area contributed by atoms with Crippen molar-refractivity contribution < 1.29 is 23.8 Å². The minimum atomic E-state index is -1.64. The van der Waals surface area contributed by atoms with Gasteiger partial charge in [-0.25, -0.2) is 4.74 Å². The zero-order valence-electron chi connectivity index (χ0n) is 18.0. The first-order valence-corrected chi connectivity index (χ1v) is 10.5. The molecule has 4 rings (SSSR count). The lowest BCUT2D eigenvalue weighted by molar-refractivity contribution is -0.451. The normalized spacial score (nSPS) is 22.4. The largest absolute Gasteiger partial charge is 0.624 e. The van der Waals surface area contributed by atoms with Gasteiger partial charge < -0.3 is 19.7 Å². The lowest BCUT2D eigenvalue weighted by Gasteiger charge is -2.38. The SMILES string of the molecule is CC1=[N+]([O-])C[C@H]2c3c([nH]c4ccccc34)C(C(=O)OC(C)C)(C(=O)OC(C)C)C[C@@H]12. The first-order valence-electron chi connectivity index (χ1n) is 10.5. The molecule has 0 amide bonds. The van der Waals surface area contributed by atoms with Crippen molar-refractivity contribution >= 4 is 28.6 Å². The highest BCUT2D eigenvalue weighted by Gasteiger charge is 2.62. The van der Waals surface area contributed by atoms with Gasteiger partial charge in [0.2, 0.25) is 5.41 Å². The summed E-state index contributed by atoms with van der Waals surface area (Å²) in [6.07, 6.45) is -0.632. The first kappa shape index (κ1) is 20.4. The van der Waals surface area contributed by atoms with Crippen LogP contribution in [0.1, 0.15) is 58.2 Å². The molecule has 2 atom stereocenters. The molecule has 0 saturated heterocycles. The fraction of sp³-hybridized carbons (Fsp3) is 0.522. The van der Waals surface area contributed by atoms with Gasteiger partial charge in [-0.2, -0.15) is 0 Å². The van der Waals surface area contributed by atoms with Crippen LogP contribution in [0.25, 0.3) is 10.9 Å². The summed E-state index contributed by atoms with van der Waals surface area (Å²) in [7, 11) is 0. The van der Waals surface area contributed by atoms with Gasteiger partial charge in [-0.05, 0) is 45.7 Å². The Balaban J connectivity index is 2.01. The Bertz CT molecular complexity index is 1030. The van der Waals surface area contributed by atoms with E-state index < -0.39 is 29.6 Å². The third-order valence-electron chi connectivity index (χ3n) is 6.23. The number of aromatic nitrogens is 1. The number of esters is 2. The maximum atomic E-state index is 13.5. The number of hydrogen-bond donors (Lipinski definition) is 1. The highest BCUT2D eigenvalue weighted by atomic mass is 16.6. The highest BCUT2D eigenvalue weighted by Crippen LogP contribution is 2.52. The molecule has 0 fully saturated rings. The predicted octanol–water partition coefficient (Wildman–Crippen LogP) is 3.40. The number of H-pyrrole nitrogens is 1. The van der Waals surface area contributed by atoms with Crippen LogP contribution in [0.5, 0.6) is 0 Å². The van der Waals surface area contributed by atoms with Gasteiger partial charge in [0.15, 0.2) is 12.3 Å². The summed E-state index contributed by atoms with van der Waals surface area (Å²) in [5.74, 6) is -1.60. The third-order valence-corrected chi connectivity index (χ3v) is 6.23. The molecule has 160 valence electrons. The number of carbonyl (C=O) groups is 2. The Kier molecular flexibility index (Phi) is 4.87.